The molecule has 0 amide bonds. The summed E-state index contributed by atoms with van der Waals surface area (Å²) < 4.78 is 35.5. The number of halogens is 2. The van der Waals surface area contributed by atoms with Gasteiger partial charge in [0.2, 0.25) is 0 Å². The molecule has 0 spiro atoms. The van der Waals surface area contributed by atoms with E-state index in [1.165, 1.54) is 15.4 Å². The minimum absolute atomic E-state index is 0.0181. The quantitative estimate of drug-likeness (QED) is 0.705. The van der Waals surface area contributed by atoms with Crippen LogP contribution in [0, 0.1) is 17.7 Å². The summed E-state index contributed by atoms with van der Waals surface area (Å²) in [6, 6.07) is 6.17. The van der Waals surface area contributed by atoms with E-state index in [9.17, 15) is 13.6 Å². The van der Waals surface area contributed by atoms with E-state index in [1.807, 2.05) is 0 Å². The van der Waals surface area contributed by atoms with Crippen LogP contribution in [0.2, 0.25) is 0 Å². The number of aromatic nitrogens is 5. The Kier molecular flexibility index (Phi) is 3.39. The highest BCUT2D eigenvalue weighted by Crippen LogP contribution is 2.53. The van der Waals surface area contributed by atoms with Gasteiger partial charge in [-0.1, -0.05) is 23.4 Å². The summed E-state index contributed by atoms with van der Waals surface area (Å²) in [7, 11) is 0. The van der Waals surface area contributed by atoms with E-state index in [1.54, 1.807) is 18.2 Å². The Morgan fingerprint density at radius 1 is 1.19 bits per heavy atom. The largest absolute Gasteiger partial charge is 0.381 e. The number of alkyl halides is 1. The van der Waals surface area contributed by atoms with Crippen molar-refractivity contribution in [3.8, 4) is 0 Å². The highest BCUT2D eigenvalue weighted by atomic mass is 19.1. The second-order valence-corrected chi connectivity index (χ2v) is 6.72. The Labute approximate surface area is 146 Å². The van der Waals surface area contributed by atoms with Crippen LogP contribution >= 0.6 is 0 Å². The maximum atomic E-state index is 13.9. The molecule has 0 bridgehead atoms. The molecule has 2 aliphatic rings. The lowest BCUT2D eigenvalue weighted by molar-refractivity contribution is 0.149. The minimum Gasteiger partial charge on any atom is -0.381 e. The molecule has 5 rings (SSSR count). The lowest BCUT2D eigenvalue weighted by atomic mass is 10.2. The zero-order valence-corrected chi connectivity index (χ0v) is 13.7. The Bertz CT molecular complexity index is 1050. The summed E-state index contributed by atoms with van der Waals surface area (Å²) in [4.78, 5) is 12.8. The van der Waals surface area contributed by atoms with Crippen LogP contribution in [-0.2, 0) is 18.0 Å². The molecule has 1 aromatic carbocycles. The molecule has 1 unspecified atom stereocenters. The molecule has 1 saturated heterocycles. The van der Waals surface area contributed by atoms with E-state index < -0.39 is 18.1 Å². The van der Waals surface area contributed by atoms with E-state index in [4.69, 9.17) is 4.74 Å². The van der Waals surface area contributed by atoms with Crippen molar-refractivity contribution in [2.75, 3.05) is 13.2 Å². The van der Waals surface area contributed by atoms with Gasteiger partial charge in [0.25, 0.3) is 5.56 Å². The van der Waals surface area contributed by atoms with Crippen LogP contribution in [0.3, 0.4) is 0 Å². The van der Waals surface area contributed by atoms with Crippen LogP contribution in [0.4, 0.5) is 8.78 Å². The molecule has 7 nitrogen and oxygen atoms in total. The smallest absolute Gasteiger partial charge is 0.298 e. The van der Waals surface area contributed by atoms with Crippen LogP contribution in [-0.4, -0.2) is 38.0 Å². The molecule has 1 aliphatic carbocycles. The average molecular weight is 359 g/mol. The van der Waals surface area contributed by atoms with Gasteiger partial charge in [0.15, 0.2) is 5.52 Å². The second-order valence-electron chi connectivity index (χ2n) is 6.72. The van der Waals surface area contributed by atoms with Gasteiger partial charge in [-0.2, -0.15) is 5.10 Å². The molecule has 0 N–H and O–H groups in total. The second kappa shape index (κ2) is 5.66. The topological polar surface area (TPSA) is 74.8 Å². The van der Waals surface area contributed by atoms with Gasteiger partial charge in [-0.25, -0.2) is 13.5 Å². The van der Waals surface area contributed by atoms with E-state index >= 15 is 0 Å². The van der Waals surface area contributed by atoms with Crippen molar-refractivity contribution in [3.05, 3.63) is 51.7 Å². The Morgan fingerprint density at radius 3 is 2.69 bits per heavy atom. The van der Waals surface area contributed by atoms with Gasteiger partial charge in [0.05, 0.1) is 31.5 Å². The third kappa shape index (κ3) is 2.20. The molecule has 9 heteroatoms. The summed E-state index contributed by atoms with van der Waals surface area (Å²) in [5, 5.41) is 12.3. The van der Waals surface area contributed by atoms with Crippen molar-refractivity contribution in [1.29, 1.82) is 0 Å². The van der Waals surface area contributed by atoms with Gasteiger partial charge in [0, 0.05) is 17.4 Å². The van der Waals surface area contributed by atoms with E-state index in [-0.39, 0.29) is 41.1 Å². The van der Waals surface area contributed by atoms with Gasteiger partial charge in [-0.3, -0.25) is 9.48 Å². The maximum absolute atomic E-state index is 13.9. The summed E-state index contributed by atoms with van der Waals surface area (Å²) in [5.41, 5.74) is 0.287. The van der Waals surface area contributed by atoms with Crippen LogP contribution < -0.4 is 5.56 Å². The average Bonchev–Trinajstić information content (AvgIpc) is 2.98. The summed E-state index contributed by atoms with van der Waals surface area (Å²) >= 11 is 0. The van der Waals surface area contributed by atoms with E-state index in [2.05, 4.69) is 15.4 Å². The van der Waals surface area contributed by atoms with Crippen molar-refractivity contribution in [2.45, 2.75) is 19.3 Å². The number of hydrogen-bond donors (Lipinski definition) is 0. The zero-order chi connectivity index (χ0) is 17.8. The predicted molar refractivity (Wildman–Crippen MR) is 86.7 cm³/mol. The van der Waals surface area contributed by atoms with Crippen molar-refractivity contribution < 1.29 is 13.5 Å². The molecule has 2 fully saturated rings. The Hall–Kier alpha value is -2.68. The van der Waals surface area contributed by atoms with Crippen molar-refractivity contribution >= 4 is 11.0 Å². The normalized spacial score (nSPS) is 24.2. The van der Waals surface area contributed by atoms with Gasteiger partial charge in [-0.05, 0) is 6.07 Å². The van der Waals surface area contributed by atoms with Crippen molar-refractivity contribution in [1.82, 2.24) is 24.8 Å². The summed E-state index contributed by atoms with van der Waals surface area (Å²) in [6.45, 7) is 0.369. The molecule has 3 atom stereocenters. The fraction of sp³-hybridized carbons (Fsp3) is 0.412. The number of rotatable bonds is 4. The van der Waals surface area contributed by atoms with E-state index in [0.717, 1.165) is 0 Å². The first-order chi connectivity index (χ1) is 12.7. The summed E-state index contributed by atoms with van der Waals surface area (Å²) in [6.07, 6.45) is 0. The van der Waals surface area contributed by atoms with Crippen LogP contribution in [0.1, 0.15) is 17.3 Å². The molecule has 26 heavy (non-hydrogen) atoms. The molecule has 0 radical (unpaired) electrons. The third-order valence-corrected chi connectivity index (χ3v) is 5.28. The van der Waals surface area contributed by atoms with Crippen LogP contribution in [0.25, 0.3) is 11.0 Å². The Morgan fingerprint density at radius 2 is 1.96 bits per heavy atom. The number of nitrogens with zero attached hydrogens (tertiary/aromatic N) is 5. The highest BCUT2D eigenvalue weighted by Gasteiger charge is 2.56. The predicted octanol–water partition coefficient (Wildman–Crippen LogP) is 1.46. The highest BCUT2D eigenvalue weighted by molar-refractivity contribution is 5.75. The first kappa shape index (κ1) is 15.6. The minimum atomic E-state index is -0.869. The van der Waals surface area contributed by atoms with Gasteiger partial charge < -0.3 is 4.74 Å². The third-order valence-electron chi connectivity index (χ3n) is 5.28. The van der Waals surface area contributed by atoms with Crippen molar-refractivity contribution in [2.24, 2.45) is 11.8 Å². The first-order valence-electron chi connectivity index (χ1n) is 8.41. The first-order valence-corrected chi connectivity index (χ1v) is 8.41. The fourth-order valence-corrected chi connectivity index (χ4v) is 3.80. The van der Waals surface area contributed by atoms with E-state index in [0.29, 0.717) is 18.8 Å². The molecule has 3 aromatic rings. The Balaban J connectivity index is 1.58. The lowest BCUT2D eigenvalue weighted by Gasteiger charge is -2.05. The number of fused-ring (bicyclic) bond motifs is 2. The fourth-order valence-electron chi connectivity index (χ4n) is 3.80. The lowest BCUT2D eigenvalue weighted by Crippen LogP contribution is -2.26. The number of benzene rings is 1. The maximum Gasteiger partial charge on any atom is 0.298 e. The molecule has 134 valence electrons. The molecule has 1 saturated carbocycles. The SMILES string of the molecule is O=c1c2nn(Cc3ccccc3F)c(CF)c2nnn1C1[C@H]2COC[C@@H]12. The van der Waals surface area contributed by atoms with Gasteiger partial charge in [-0.15, -0.1) is 5.10 Å². The zero-order valence-electron chi connectivity index (χ0n) is 13.7. The van der Waals surface area contributed by atoms with Crippen LogP contribution in [0.15, 0.2) is 29.1 Å². The number of hydrogen-bond acceptors (Lipinski definition) is 5. The molecular weight excluding hydrogens is 344 g/mol. The molecule has 1 aliphatic heterocycles. The van der Waals surface area contributed by atoms with Gasteiger partial charge >= 0.3 is 0 Å². The molecule has 3 heterocycles. The summed E-state index contributed by atoms with van der Waals surface area (Å²) in [5.74, 6) is 0.146. The monoisotopic (exact) mass is 359 g/mol. The standard InChI is InChI=1S/C17H15F2N5O2/c18-5-13-14-15(21-23(13)6-9-3-1-2-4-12(9)19)17(25)24(22-20-14)16-10-7-26-8-11(10)16/h1-4,10-11,16H,5-8H2/t10-,11+,16?. The number of ether oxygens (including phenoxy) is 1. The van der Waals surface area contributed by atoms with Crippen molar-refractivity contribution in [3.63, 3.8) is 0 Å². The molecular formula is C17H15F2N5O2. The molecule has 2 aromatic heterocycles. The van der Waals surface area contributed by atoms with Gasteiger partial charge in [0.1, 0.15) is 18.0 Å². The van der Waals surface area contributed by atoms with Crippen LogP contribution in [0.5, 0.6) is 0 Å².